The molecule has 0 bridgehead atoms. The average molecular weight is 323 g/mol. The molecule has 0 saturated carbocycles. The van der Waals surface area contributed by atoms with Crippen LogP contribution in [0.4, 0.5) is 0 Å². The highest BCUT2D eigenvalue weighted by molar-refractivity contribution is 6.30. The first-order chi connectivity index (χ1) is 9.91. The van der Waals surface area contributed by atoms with Crippen LogP contribution in [0, 0.1) is 0 Å². The van der Waals surface area contributed by atoms with Crippen molar-refractivity contribution in [2.24, 2.45) is 0 Å². The molecule has 1 atom stereocenters. The van der Waals surface area contributed by atoms with Gasteiger partial charge >= 0.3 is 0 Å². The van der Waals surface area contributed by atoms with E-state index >= 15 is 0 Å². The van der Waals surface area contributed by atoms with Crippen LogP contribution in [0.2, 0.25) is 10.0 Å². The molecule has 2 aromatic rings. The zero-order valence-electron chi connectivity index (χ0n) is 11.6. The second-order valence-electron chi connectivity index (χ2n) is 5.62. The third kappa shape index (κ3) is 2.82. The summed E-state index contributed by atoms with van der Waals surface area (Å²) in [6.45, 7) is 1.70. The van der Waals surface area contributed by atoms with Crippen molar-refractivity contribution in [3.05, 3.63) is 69.7 Å². The summed E-state index contributed by atoms with van der Waals surface area (Å²) in [7, 11) is 0. The second kappa shape index (κ2) is 5.29. The predicted octanol–water partition coefficient (Wildman–Crippen LogP) is 4.76. The molecule has 1 fully saturated rings. The Hall–Kier alpha value is -1.06. The second-order valence-corrected chi connectivity index (χ2v) is 6.49. The van der Waals surface area contributed by atoms with Gasteiger partial charge in [-0.15, -0.1) is 0 Å². The van der Waals surface area contributed by atoms with Gasteiger partial charge in [-0.05, 0) is 48.7 Å². The summed E-state index contributed by atoms with van der Waals surface area (Å²) in [5.74, 6) is -1.14. The average Bonchev–Trinajstić information content (AvgIpc) is 2.78. The van der Waals surface area contributed by atoms with Crippen molar-refractivity contribution >= 4 is 23.2 Å². The molecule has 2 aromatic carbocycles. The smallest absolute Gasteiger partial charge is 0.164 e. The Bertz CT molecular complexity index is 587. The quantitative estimate of drug-likeness (QED) is 0.864. The third-order valence-corrected chi connectivity index (χ3v) is 4.46. The molecule has 0 aromatic heterocycles. The van der Waals surface area contributed by atoms with Gasteiger partial charge in [-0.1, -0.05) is 47.5 Å². The van der Waals surface area contributed by atoms with Crippen LogP contribution in [0.25, 0.3) is 0 Å². The Morgan fingerprint density at radius 1 is 0.857 bits per heavy atom. The van der Waals surface area contributed by atoms with Crippen LogP contribution in [0.1, 0.15) is 30.9 Å². The lowest BCUT2D eigenvalue weighted by atomic mass is 9.84. The standard InChI is InChI=1S/C17H16Cl2O2/c1-16(20)10-11-17(21-16,12-2-6-14(18)7-3-12)13-4-8-15(19)9-5-13/h2-9,20H,10-11H2,1H3. The third-order valence-electron chi connectivity index (χ3n) is 3.96. The molecule has 1 heterocycles. The van der Waals surface area contributed by atoms with Crippen LogP contribution in [0.15, 0.2) is 48.5 Å². The molecule has 21 heavy (non-hydrogen) atoms. The molecule has 1 saturated heterocycles. The summed E-state index contributed by atoms with van der Waals surface area (Å²) in [4.78, 5) is 0. The van der Waals surface area contributed by atoms with Crippen molar-refractivity contribution in [3.8, 4) is 0 Å². The van der Waals surface area contributed by atoms with Gasteiger partial charge in [-0.25, -0.2) is 0 Å². The van der Waals surface area contributed by atoms with Gasteiger partial charge in [0.1, 0.15) is 5.60 Å². The number of halogens is 2. The summed E-state index contributed by atoms with van der Waals surface area (Å²) in [5.41, 5.74) is 1.29. The Labute approximate surface area is 134 Å². The Balaban J connectivity index is 2.12. The molecule has 4 heteroatoms. The van der Waals surface area contributed by atoms with Gasteiger partial charge in [0.25, 0.3) is 0 Å². The Morgan fingerprint density at radius 2 is 1.29 bits per heavy atom. The van der Waals surface area contributed by atoms with Crippen LogP contribution in [0.3, 0.4) is 0 Å². The molecule has 0 amide bonds. The molecule has 0 aliphatic carbocycles. The summed E-state index contributed by atoms with van der Waals surface area (Å²) < 4.78 is 6.06. The molecular formula is C17H16Cl2O2. The van der Waals surface area contributed by atoms with Crippen molar-refractivity contribution in [3.63, 3.8) is 0 Å². The normalized spacial score (nSPS) is 24.2. The molecule has 1 N–H and O–H groups in total. The number of hydrogen-bond donors (Lipinski definition) is 1. The number of rotatable bonds is 2. The maximum Gasteiger partial charge on any atom is 0.164 e. The molecule has 1 aliphatic heterocycles. The van der Waals surface area contributed by atoms with Gasteiger partial charge in [0.15, 0.2) is 5.79 Å². The van der Waals surface area contributed by atoms with Gasteiger partial charge < -0.3 is 9.84 Å². The number of hydrogen-bond acceptors (Lipinski definition) is 2. The Morgan fingerprint density at radius 3 is 1.62 bits per heavy atom. The van der Waals surface area contributed by atoms with Crippen molar-refractivity contribution in [1.82, 2.24) is 0 Å². The summed E-state index contributed by atoms with van der Waals surface area (Å²) >= 11 is 12.0. The highest BCUT2D eigenvalue weighted by Gasteiger charge is 2.48. The summed E-state index contributed by atoms with van der Waals surface area (Å²) in [5, 5.41) is 11.6. The monoisotopic (exact) mass is 322 g/mol. The van der Waals surface area contributed by atoms with Crippen molar-refractivity contribution in [2.45, 2.75) is 31.2 Å². The van der Waals surface area contributed by atoms with E-state index in [4.69, 9.17) is 27.9 Å². The fourth-order valence-electron chi connectivity index (χ4n) is 2.90. The van der Waals surface area contributed by atoms with Crippen LogP contribution in [0.5, 0.6) is 0 Å². The minimum Gasteiger partial charge on any atom is -0.366 e. The number of benzene rings is 2. The van der Waals surface area contributed by atoms with Gasteiger partial charge in [-0.3, -0.25) is 0 Å². The predicted molar refractivity (Wildman–Crippen MR) is 84.6 cm³/mol. The fraction of sp³-hybridized carbons (Fsp3) is 0.294. The first-order valence-corrected chi connectivity index (χ1v) is 7.62. The molecule has 1 unspecified atom stereocenters. The van der Waals surface area contributed by atoms with E-state index in [0.29, 0.717) is 22.9 Å². The van der Waals surface area contributed by atoms with E-state index in [1.165, 1.54) is 0 Å². The summed E-state index contributed by atoms with van der Waals surface area (Å²) in [6, 6.07) is 15.1. The zero-order valence-corrected chi connectivity index (χ0v) is 13.2. The zero-order chi connectivity index (χ0) is 15.1. The van der Waals surface area contributed by atoms with Crippen LogP contribution >= 0.6 is 23.2 Å². The summed E-state index contributed by atoms with van der Waals surface area (Å²) in [6.07, 6.45) is 1.27. The molecule has 110 valence electrons. The highest BCUT2D eigenvalue weighted by Crippen LogP contribution is 2.48. The number of ether oxygens (including phenoxy) is 1. The maximum absolute atomic E-state index is 10.3. The largest absolute Gasteiger partial charge is 0.366 e. The van der Waals surface area contributed by atoms with E-state index in [2.05, 4.69) is 0 Å². The van der Waals surface area contributed by atoms with Crippen molar-refractivity contribution < 1.29 is 9.84 Å². The van der Waals surface area contributed by atoms with Gasteiger partial charge in [-0.2, -0.15) is 0 Å². The lowest BCUT2D eigenvalue weighted by Crippen LogP contribution is -2.32. The topological polar surface area (TPSA) is 29.5 Å². The fourth-order valence-corrected chi connectivity index (χ4v) is 3.15. The maximum atomic E-state index is 10.3. The molecule has 0 radical (unpaired) electrons. The lowest BCUT2D eigenvalue weighted by molar-refractivity contribution is -0.203. The molecular weight excluding hydrogens is 307 g/mol. The van der Waals surface area contributed by atoms with Gasteiger partial charge in [0.2, 0.25) is 0 Å². The number of aliphatic hydroxyl groups is 1. The highest BCUT2D eigenvalue weighted by atomic mass is 35.5. The van der Waals surface area contributed by atoms with E-state index in [-0.39, 0.29) is 0 Å². The van der Waals surface area contributed by atoms with E-state index in [9.17, 15) is 5.11 Å². The molecule has 1 aliphatic rings. The van der Waals surface area contributed by atoms with E-state index in [1.54, 1.807) is 6.92 Å². The molecule has 0 spiro atoms. The van der Waals surface area contributed by atoms with Crippen LogP contribution in [-0.2, 0) is 10.3 Å². The van der Waals surface area contributed by atoms with Gasteiger partial charge in [0, 0.05) is 16.5 Å². The minimum absolute atomic E-state index is 0.568. The van der Waals surface area contributed by atoms with E-state index in [0.717, 1.165) is 11.1 Å². The Kier molecular flexibility index (Phi) is 3.74. The van der Waals surface area contributed by atoms with Gasteiger partial charge in [0.05, 0.1) is 0 Å². The van der Waals surface area contributed by atoms with Crippen molar-refractivity contribution in [1.29, 1.82) is 0 Å². The van der Waals surface area contributed by atoms with Crippen LogP contribution < -0.4 is 0 Å². The SMILES string of the molecule is CC1(O)CCC(c2ccc(Cl)cc2)(c2ccc(Cl)cc2)O1. The molecule has 3 rings (SSSR count). The minimum atomic E-state index is -1.14. The first kappa shape index (κ1) is 14.9. The van der Waals surface area contributed by atoms with Crippen molar-refractivity contribution in [2.75, 3.05) is 0 Å². The first-order valence-electron chi connectivity index (χ1n) is 6.86. The van der Waals surface area contributed by atoms with Crippen LogP contribution in [-0.4, -0.2) is 10.9 Å². The molecule has 2 nitrogen and oxygen atoms in total. The van der Waals surface area contributed by atoms with E-state index in [1.807, 2.05) is 48.5 Å². The lowest BCUT2D eigenvalue weighted by Gasteiger charge is -2.32. The van der Waals surface area contributed by atoms with E-state index < -0.39 is 11.4 Å².